The molecule has 2 saturated heterocycles. The van der Waals surface area contributed by atoms with Crippen molar-refractivity contribution >= 4 is 17.5 Å². The lowest BCUT2D eigenvalue weighted by Crippen LogP contribution is -2.39. The third kappa shape index (κ3) is 4.35. The molecule has 0 aliphatic carbocycles. The van der Waals surface area contributed by atoms with E-state index in [0.29, 0.717) is 36.5 Å². The van der Waals surface area contributed by atoms with Crippen LogP contribution < -0.4 is 16.0 Å². The monoisotopic (exact) mass is 329 g/mol. The van der Waals surface area contributed by atoms with Gasteiger partial charge in [-0.25, -0.2) is 0 Å². The molecular weight excluding hydrogens is 302 g/mol. The molecule has 2 fully saturated rings. The topological polar surface area (TPSA) is 70.2 Å². The van der Waals surface area contributed by atoms with Gasteiger partial charge in [-0.15, -0.1) is 0 Å². The first-order valence-corrected chi connectivity index (χ1v) is 9.08. The van der Waals surface area contributed by atoms with Gasteiger partial charge in [-0.1, -0.05) is 6.92 Å². The Hall–Kier alpha value is -1.88. The van der Waals surface area contributed by atoms with Crippen molar-refractivity contribution in [2.24, 2.45) is 5.92 Å². The SMILES string of the molecule is CCCNC(=O)c1ccc(NC(=O)CC2CC3CCC(C2)N3)cc1. The molecule has 5 nitrogen and oxygen atoms in total. The maximum atomic E-state index is 12.3. The number of rotatable bonds is 6. The molecule has 2 aliphatic heterocycles. The Labute approximate surface area is 143 Å². The molecule has 3 rings (SSSR count). The van der Waals surface area contributed by atoms with Gasteiger partial charge in [-0.05, 0) is 62.3 Å². The molecule has 2 amide bonds. The zero-order chi connectivity index (χ0) is 16.9. The largest absolute Gasteiger partial charge is 0.352 e. The summed E-state index contributed by atoms with van der Waals surface area (Å²) in [7, 11) is 0. The number of carbonyl (C=O) groups excluding carboxylic acids is 2. The third-order valence-corrected chi connectivity index (χ3v) is 5.01. The molecule has 2 bridgehead atoms. The number of fused-ring (bicyclic) bond motifs is 2. The maximum absolute atomic E-state index is 12.3. The number of carbonyl (C=O) groups is 2. The number of hydrogen-bond acceptors (Lipinski definition) is 3. The van der Waals surface area contributed by atoms with Crippen LogP contribution in [0.5, 0.6) is 0 Å². The summed E-state index contributed by atoms with van der Waals surface area (Å²) in [6, 6.07) is 8.33. The normalized spacial score (nSPS) is 25.3. The quantitative estimate of drug-likeness (QED) is 0.751. The lowest BCUT2D eigenvalue weighted by atomic mass is 9.89. The predicted molar refractivity (Wildman–Crippen MR) is 95.0 cm³/mol. The molecule has 0 spiro atoms. The van der Waals surface area contributed by atoms with Crippen LogP contribution in [-0.4, -0.2) is 30.4 Å². The highest BCUT2D eigenvalue weighted by molar-refractivity contribution is 5.95. The van der Waals surface area contributed by atoms with Crippen molar-refractivity contribution in [3.8, 4) is 0 Å². The minimum absolute atomic E-state index is 0.0695. The summed E-state index contributed by atoms with van der Waals surface area (Å²) in [5.41, 5.74) is 1.38. The Morgan fingerprint density at radius 2 is 1.79 bits per heavy atom. The molecule has 2 unspecified atom stereocenters. The van der Waals surface area contributed by atoms with E-state index in [1.807, 2.05) is 6.92 Å². The van der Waals surface area contributed by atoms with Gasteiger partial charge < -0.3 is 16.0 Å². The summed E-state index contributed by atoms with van der Waals surface area (Å²) in [4.78, 5) is 24.1. The highest BCUT2D eigenvalue weighted by atomic mass is 16.2. The fraction of sp³-hybridized carbons (Fsp3) is 0.579. The van der Waals surface area contributed by atoms with Crippen LogP contribution in [0, 0.1) is 5.92 Å². The molecule has 3 N–H and O–H groups in total. The fourth-order valence-corrected chi connectivity index (χ4v) is 3.86. The van der Waals surface area contributed by atoms with Crippen LogP contribution in [-0.2, 0) is 4.79 Å². The van der Waals surface area contributed by atoms with Crippen molar-refractivity contribution < 1.29 is 9.59 Å². The van der Waals surface area contributed by atoms with Gasteiger partial charge in [0.05, 0.1) is 0 Å². The summed E-state index contributed by atoms with van der Waals surface area (Å²) in [5, 5.41) is 9.41. The maximum Gasteiger partial charge on any atom is 0.251 e. The van der Waals surface area contributed by atoms with Crippen molar-refractivity contribution in [3.05, 3.63) is 29.8 Å². The van der Waals surface area contributed by atoms with E-state index in [1.54, 1.807) is 24.3 Å². The van der Waals surface area contributed by atoms with E-state index in [1.165, 1.54) is 12.8 Å². The van der Waals surface area contributed by atoms with Crippen LogP contribution >= 0.6 is 0 Å². The Balaban J connectivity index is 1.48. The number of amides is 2. The van der Waals surface area contributed by atoms with Crippen LogP contribution in [0.4, 0.5) is 5.69 Å². The zero-order valence-electron chi connectivity index (χ0n) is 14.3. The molecule has 1 aromatic rings. The predicted octanol–water partition coefficient (Wildman–Crippen LogP) is 2.69. The van der Waals surface area contributed by atoms with E-state index in [4.69, 9.17) is 0 Å². The number of benzene rings is 1. The van der Waals surface area contributed by atoms with Crippen molar-refractivity contribution in [2.45, 2.75) is 57.5 Å². The zero-order valence-corrected chi connectivity index (χ0v) is 14.3. The summed E-state index contributed by atoms with van der Waals surface area (Å²) in [5.74, 6) is 0.493. The molecule has 0 radical (unpaired) electrons. The highest BCUT2D eigenvalue weighted by Crippen LogP contribution is 2.32. The number of nitrogens with one attached hydrogen (secondary N) is 3. The van der Waals surface area contributed by atoms with Gasteiger partial charge in [0.15, 0.2) is 0 Å². The summed E-state index contributed by atoms with van der Waals surface area (Å²) >= 11 is 0. The second-order valence-corrected chi connectivity index (χ2v) is 7.06. The van der Waals surface area contributed by atoms with Gasteiger partial charge in [-0.3, -0.25) is 9.59 Å². The van der Waals surface area contributed by atoms with Crippen LogP contribution in [0.25, 0.3) is 0 Å². The number of hydrogen-bond donors (Lipinski definition) is 3. The summed E-state index contributed by atoms with van der Waals surface area (Å²) in [6.45, 7) is 2.70. The smallest absolute Gasteiger partial charge is 0.251 e. The highest BCUT2D eigenvalue weighted by Gasteiger charge is 2.34. The van der Waals surface area contributed by atoms with Crippen LogP contribution in [0.1, 0.15) is 55.8 Å². The Kier molecular flexibility index (Phi) is 5.51. The standard InChI is InChI=1S/C19H27N3O2/c1-2-9-20-19(24)14-3-5-15(6-4-14)22-18(23)12-13-10-16-7-8-17(11-13)21-16/h3-6,13,16-17,21H,2,7-12H2,1H3,(H,20,24)(H,22,23). The van der Waals surface area contributed by atoms with Crippen molar-refractivity contribution in [2.75, 3.05) is 11.9 Å². The van der Waals surface area contributed by atoms with E-state index >= 15 is 0 Å². The van der Waals surface area contributed by atoms with Crippen LogP contribution in [0.3, 0.4) is 0 Å². The van der Waals surface area contributed by atoms with E-state index in [-0.39, 0.29) is 11.8 Å². The summed E-state index contributed by atoms with van der Waals surface area (Å²) in [6.07, 6.45) is 6.24. The number of anilines is 1. The average molecular weight is 329 g/mol. The minimum atomic E-state index is -0.0695. The molecule has 2 heterocycles. The Morgan fingerprint density at radius 1 is 1.12 bits per heavy atom. The molecule has 0 saturated carbocycles. The molecule has 130 valence electrons. The molecule has 24 heavy (non-hydrogen) atoms. The van der Waals surface area contributed by atoms with Crippen molar-refractivity contribution in [3.63, 3.8) is 0 Å². The second kappa shape index (κ2) is 7.79. The van der Waals surface area contributed by atoms with Crippen molar-refractivity contribution in [1.29, 1.82) is 0 Å². The van der Waals surface area contributed by atoms with E-state index in [2.05, 4.69) is 16.0 Å². The summed E-state index contributed by atoms with van der Waals surface area (Å²) < 4.78 is 0. The molecule has 0 aromatic heterocycles. The lowest BCUT2D eigenvalue weighted by Gasteiger charge is -2.28. The Morgan fingerprint density at radius 3 is 2.42 bits per heavy atom. The van der Waals surface area contributed by atoms with E-state index in [0.717, 1.165) is 24.9 Å². The molecule has 1 aromatic carbocycles. The van der Waals surface area contributed by atoms with Gasteiger partial charge in [0, 0.05) is 36.3 Å². The first kappa shape index (κ1) is 17.0. The van der Waals surface area contributed by atoms with Gasteiger partial charge >= 0.3 is 0 Å². The fourth-order valence-electron chi connectivity index (χ4n) is 3.86. The Bertz CT molecular complexity index is 573. The molecular formula is C19H27N3O2. The molecule has 5 heteroatoms. The minimum Gasteiger partial charge on any atom is -0.352 e. The van der Waals surface area contributed by atoms with Gasteiger partial charge in [0.2, 0.25) is 5.91 Å². The lowest BCUT2D eigenvalue weighted by molar-refractivity contribution is -0.117. The van der Waals surface area contributed by atoms with Gasteiger partial charge in [0.1, 0.15) is 0 Å². The van der Waals surface area contributed by atoms with Crippen molar-refractivity contribution in [1.82, 2.24) is 10.6 Å². The van der Waals surface area contributed by atoms with E-state index < -0.39 is 0 Å². The van der Waals surface area contributed by atoms with E-state index in [9.17, 15) is 9.59 Å². The van der Waals surface area contributed by atoms with Gasteiger partial charge in [0.25, 0.3) is 5.91 Å². The first-order chi connectivity index (χ1) is 11.6. The number of piperidine rings is 1. The average Bonchev–Trinajstić information content (AvgIpc) is 2.91. The first-order valence-electron chi connectivity index (χ1n) is 9.08. The van der Waals surface area contributed by atoms with Gasteiger partial charge in [-0.2, -0.15) is 0 Å². The third-order valence-electron chi connectivity index (χ3n) is 5.01. The van der Waals surface area contributed by atoms with Crippen LogP contribution in [0.2, 0.25) is 0 Å². The second-order valence-electron chi connectivity index (χ2n) is 7.06. The molecule has 2 atom stereocenters. The molecule has 2 aliphatic rings. The van der Waals surface area contributed by atoms with Crippen LogP contribution in [0.15, 0.2) is 24.3 Å².